The lowest BCUT2D eigenvalue weighted by molar-refractivity contribution is -0.385. The molecule has 8 heteroatoms. The lowest BCUT2D eigenvalue weighted by Crippen LogP contribution is -2.18. The number of hydrogen-bond acceptors (Lipinski definition) is 6. The average molecular weight is 358 g/mol. The van der Waals surface area contributed by atoms with Gasteiger partial charge in [0.05, 0.1) is 9.85 Å². The lowest BCUT2D eigenvalue weighted by atomic mass is 10.2. The minimum Gasteiger partial charge on any atom is -0.313 e. The summed E-state index contributed by atoms with van der Waals surface area (Å²) in [5, 5.41) is 28.0. The molecule has 26 heavy (non-hydrogen) atoms. The summed E-state index contributed by atoms with van der Waals surface area (Å²) >= 11 is 0. The topological polar surface area (TPSA) is 110 Å². The molecule has 2 aromatic rings. The van der Waals surface area contributed by atoms with Crippen LogP contribution in [0.15, 0.2) is 48.5 Å². The van der Waals surface area contributed by atoms with Crippen molar-refractivity contribution in [3.8, 4) is 0 Å². The van der Waals surface area contributed by atoms with Gasteiger partial charge >= 0.3 is 0 Å². The molecule has 2 N–H and O–H groups in total. The highest BCUT2D eigenvalue weighted by Gasteiger charge is 2.06. The Hall–Kier alpha value is -2.84. The van der Waals surface area contributed by atoms with Crippen molar-refractivity contribution in [1.29, 1.82) is 0 Å². The SMILES string of the molecule is O=[N+]([O-])c1cccc(CNCCCCNCc2cccc([N+](=O)[O-])c2)c1. The van der Waals surface area contributed by atoms with Crippen molar-refractivity contribution in [2.24, 2.45) is 0 Å². The predicted molar refractivity (Wildman–Crippen MR) is 98.8 cm³/mol. The molecule has 2 rings (SSSR count). The molecule has 0 atom stereocenters. The number of nitro groups is 2. The van der Waals surface area contributed by atoms with Crippen LogP contribution in [0.3, 0.4) is 0 Å². The van der Waals surface area contributed by atoms with Gasteiger partial charge in [0.25, 0.3) is 11.4 Å². The molecule has 0 aliphatic rings. The van der Waals surface area contributed by atoms with Gasteiger partial charge in [0.1, 0.15) is 0 Å². The quantitative estimate of drug-likeness (QED) is 0.363. The van der Waals surface area contributed by atoms with Gasteiger partial charge in [0, 0.05) is 37.4 Å². The fraction of sp³-hybridized carbons (Fsp3) is 0.333. The first-order valence-corrected chi connectivity index (χ1v) is 8.44. The van der Waals surface area contributed by atoms with Crippen LogP contribution in [0.5, 0.6) is 0 Å². The molecule has 0 unspecified atom stereocenters. The Morgan fingerprint density at radius 3 is 1.54 bits per heavy atom. The maximum atomic E-state index is 10.7. The van der Waals surface area contributed by atoms with E-state index in [0.717, 1.165) is 37.1 Å². The van der Waals surface area contributed by atoms with Gasteiger partial charge < -0.3 is 10.6 Å². The van der Waals surface area contributed by atoms with Crippen molar-refractivity contribution in [1.82, 2.24) is 10.6 Å². The summed E-state index contributed by atoms with van der Waals surface area (Å²) in [5.74, 6) is 0. The molecule has 0 aliphatic heterocycles. The second kappa shape index (κ2) is 10.2. The van der Waals surface area contributed by atoms with Crippen LogP contribution in [0, 0.1) is 20.2 Å². The number of nitrogens with one attached hydrogen (secondary N) is 2. The monoisotopic (exact) mass is 358 g/mol. The summed E-state index contributed by atoms with van der Waals surface area (Å²) in [7, 11) is 0. The summed E-state index contributed by atoms with van der Waals surface area (Å²) in [6, 6.07) is 13.2. The van der Waals surface area contributed by atoms with Crippen molar-refractivity contribution in [3.63, 3.8) is 0 Å². The Bertz CT molecular complexity index is 688. The zero-order valence-corrected chi connectivity index (χ0v) is 14.4. The normalized spacial score (nSPS) is 10.6. The van der Waals surface area contributed by atoms with E-state index >= 15 is 0 Å². The molecule has 0 bridgehead atoms. The summed E-state index contributed by atoms with van der Waals surface area (Å²) < 4.78 is 0. The van der Waals surface area contributed by atoms with Crippen LogP contribution in [0.25, 0.3) is 0 Å². The van der Waals surface area contributed by atoms with Gasteiger partial charge in [0.15, 0.2) is 0 Å². The van der Waals surface area contributed by atoms with Crippen molar-refractivity contribution in [2.75, 3.05) is 13.1 Å². The minimum absolute atomic E-state index is 0.106. The molecule has 0 spiro atoms. The number of non-ortho nitro benzene ring substituents is 2. The third-order valence-corrected chi connectivity index (χ3v) is 3.86. The van der Waals surface area contributed by atoms with Crippen molar-refractivity contribution >= 4 is 11.4 Å². The van der Waals surface area contributed by atoms with E-state index in [0.29, 0.717) is 13.1 Å². The van der Waals surface area contributed by atoms with Gasteiger partial charge in [-0.3, -0.25) is 20.2 Å². The maximum absolute atomic E-state index is 10.7. The third kappa shape index (κ3) is 6.58. The standard InChI is InChI=1S/C18H22N4O4/c23-21(24)17-7-3-5-15(11-17)13-19-9-1-2-10-20-14-16-6-4-8-18(12-16)22(25)26/h3-8,11-12,19-20H,1-2,9-10,13-14H2. The fourth-order valence-electron chi connectivity index (χ4n) is 2.53. The zero-order valence-electron chi connectivity index (χ0n) is 14.4. The van der Waals surface area contributed by atoms with Crippen LogP contribution in [0.2, 0.25) is 0 Å². The van der Waals surface area contributed by atoms with Crippen LogP contribution in [0.4, 0.5) is 11.4 Å². The predicted octanol–water partition coefficient (Wildman–Crippen LogP) is 3.16. The van der Waals surface area contributed by atoms with E-state index in [4.69, 9.17) is 0 Å². The number of nitro benzene ring substituents is 2. The van der Waals surface area contributed by atoms with Crippen LogP contribution in [-0.4, -0.2) is 22.9 Å². The molecule has 0 heterocycles. The van der Waals surface area contributed by atoms with E-state index < -0.39 is 9.85 Å². The van der Waals surface area contributed by atoms with Crippen molar-refractivity contribution in [3.05, 3.63) is 79.9 Å². The molecule has 0 amide bonds. The molecule has 138 valence electrons. The van der Waals surface area contributed by atoms with Crippen LogP contribution in [-0.2, 0) is 13.1 Å². The number of nitrogens with zero attached hydrogens (tertiary/aromatic N) is 2. The van der Waals surface area contributed by atoms with E-state index in [1.807, 2.05) is 12.1 Å². The van der Waals surface area contributed by atoms with Gasteiger partial charge in [-0.2, -0.15) is 0 Å². The Balaban J connectivity index is 1.57. The van der Waals surface area contributed by atoms with E-state index in [-0.39, 0.29) is 11.4 Å². The van der Waals surface area contributed by atoms with Crippen molar-refractivity contribution < 1.29 is 9.85 Å². The Morgan fingerprint density at radius 1 is 0.731 bits per heavy atom. The summed E-state index contributed by atoms with van der Waals surface area (Å²) in [4.78, 5) is 20.7. The smallest absolute Gasteiger partial charge is 0.269 e. The first-order valence-electron chi connectivity index (χ1n) is 8.44. The summed E-state index contributed by atoms with van der Waals surface area (Å²) in [6.07, 6.45) is 1.94. The van der Waals surface area contributed by atoms with E-state index in [9.17, 15) is 20.2 Å². The van der Waals surface area contributed by atoms with Crippen LogP contribution >= 0.6 is 0 Å². The van der Waals surface area contributed by atoms with Gasteiger partial charge in [-0.25, -0.2) is 0 Å². The molecular formula is C18H22N4O4. The first-order chi connectivity index (χ1) is 12.6. The highest BCUT2D eigenvalue weighted by molar-refractivity contribution is 5.34. The van der Waals surface area contributed by atoms with Gasteiger partial charge in [-0.1, -0.05) is 24.3 Å². The second-order valence-corrected chi connectivity index (χ2v) is 5.91. The van der Waals surface area contributed by atoms with E-state index in [1.165, 1.54) is 12.1 Å². The highest BCUT2D eigenvalue weighted by atomic mass is 16.6. The Morgan fingerprint density at radius 2 is 1.15 bits per heavy atom. The second-order valence-electron chi connectivity index (χ2n) is 5.91. The van der Waals surface area contributed by atoms with Gasteiger partial charge in [-0.15, -0.1) is 0 Å². The molecule has 2 aromatic carbocycles. The average Bonchev–Trinajstić information content (AvgIpc) is 2.64. The molecule has 0 aliphatic carbocycles. The molecule has 0 radical (unpaired) electrons. The Labute approximate surface area is 151 Å². The molecule has 0 fully saturated rings. The number of benzene rings is 2. The molecule has 0 saturated carbocycles. The molecule has 0 aromatic heterocycles. The number of hydrogen-bond donors (Lipinski definition) is 2. The number of rotatable bonds is 11. The van der Waals surface area contributed by atoms with Gasteiger partial charge in [-0.05, 0) is 37.1 Å². The molecular weight excluding hydrogens is 336 g/mol. The first kappa shape index (κ1) is 19.5. The highest BCUT2D eigenvalue weighted by Crippen LogP contribution is 2.13. The van der Waals surface area contributed by atoms with E-state index in [2.05, 4.69) is 10.6 Å². The van der Waals surface area contributed by atoms with E-state index in [1.54, 1.807) is 24.3 Å². The summed E-state index contributed by atoms with van der Waals surface area (Å²) in [5.41, 5.74) is 2.00. The largest absolute Gasteiger partial charge is 0.313 e. The van der Waals surface area contributed by atoms with Crippen LogP contribution in [0.1, 0.15) is 24.0 Å². The molecule has 8 nitrogen and oxygen atoms in total. The van der Waals surface area contributed by atoms with Crippen LogP contribution < -0.4 is 10.6 Å². The van der Waals surface area contributed by atoms with Crippen molar-refractivity contribution in [2.45, 2.75) is 25.9 Å². The number of unbranched alkanes of at least 4 members (excludes halogenated alkanes) is 1. The fourth-order valence-corrected chi connectivity index (χ4v) is 2.53. The van der Waals surface area contributed by atoms with Gasteiger partial charge in [0.2, 0.25) is 0 Å². The third-order valence-electron chi connectivity index (χ3n) is 3.86. The summed E-state index contributed by atoms with van der Waals surface area (Å²) in [6.45, 7) is 2.84. The lowest BCUT2D eigenvalue weighted by Gasteiger charge is -2.07. The Kier molecular flexibility index (Phi) is 7.66. The maximum Gasteiger partial charge on any atom is 0.269 e. The molecule has 0 saturated heterocycles. The zero-order chi connectivity index (χ0) is 18.8. The minimum atomic E-state index is -0.392.